The van der Waals surface area contributed by atoms with Crippen LogP contribution in [0.2, 0.25) is 0 Å². The number of piperidine rings is 1. The van der Waals surface area contributed by atoms with E-state index in [1.165, 1.54) is 18.5 Å². The van der Waals surface area contributed by atoms with Crippen molar-refractivity contribution in [3.05, 3.63) is 24.3 Å². The zero-order chi connectivity index (χ0) is 16.2. The SMILES string of the molecule is CC(C(=O)Nc1ccc(N2CCCC2)cc1)N1CCCC(O)C1. The third-order valence-corrected chi connectivity index (χ3v) is 4.96. The number of carbonyl (C=O) groups is 1. The molecular weight excluding hydrogens is 290 g/mol. The topological polar surface area (TPSA) is 55.8 Å². The van der Waals surface area contributed by atoms with Crippen LogP contribution in [0.1, 0.15) is 32.6 Å². The molecule has 126 valence electrons. The number of anilines is 2. The normalized spacial score (nSPS) is 23.7. The molecule has 0 bridgehead atoms. The number of hydrogen-bond acceptors (Lipinski definition) is 4. The number of rotatable bonds is 4. The maximum atomic E-state index is 12.4. The second-order valence-electron chi connectivity index (χ2n) is 6.70. The van der Waals surface area contributed by atoms with Crippen LogP contribution < -0.4 is 10.2 Å². The standard InChI is InChI=1S/C18H27N3O2/c1-14(21-12-4-5-17(22)13-21)18(23)19-15-6-8-16(9-7-15)20-10-2-3-11-20/h6-9,14,17,22H,2-5,10-13H2,1H3,(H,19,23). The Hall–Kier alpha value is -1.59. The van der Waals surface area contributed by atoms with Crippen LogP contribution >= 0.6 is 0 Å². The third-order valence-electron chi connectivity index (χ3n) is 4.96. The minimum absolute atomic E-state index is 0.00646. The highest BCUT2D eigenvalue weighted by Gasteiger charge is 2.26. The van der Waals surface area contributed by atoms with Gasteiger partial charge in [0.05, 0.1) is 12.1 Å². The zero-order valence-corrected chi connectivity index (χ0v) is 13.9. The van der Waals surface area contributed by atoms with Crippen LogP contribution in [0, 0.1) is 0 Å². The summed E-state index contributed by atoms with van der Waals surface area (Å²) in [6.45, 7) is 5.62. The molecule has 2 aliphatic rings. The number of carbonyl (C=O) groups excluding carboxylic acids is 1. The Morgan fingerprint density at radius 3 is 2.52 bits per heavy atom. The van der Waals surface area contributed by atoms with E-state index in [1.54, 1.807) is 0 Å². The van der Waals surface area contributed by atoms with Gasteiger partial charge in [-0.2, -0.15) is 0 Å². The van der Waals surface area contributed by atoms with Gasteiger partial charge in [-0.3, -0.25) is 9.69 Å². The van der Waals surface area contributed by atoms with Crippen molar-refractivity contribution in [1.82, 2.24) is 4.90 Å². The Morgan fingerprint density at radius 2 is 1.87 bits per heavy atom. The van der Waals surface area contributed by atoms with Gasteiger partial charge in [-0.05, 0) is 63.4 Å². The summed E-state index contributed by atoms with van der Waals surface area (Å²) in [6.07, 6.45) is 4.00. The maximum absolute atomic E-state index is 12.4. The highest BCUT2D eigenvalue weighted by Crippen LogP contribution is 2.22. The first-order valence-electron chi connectivity index (χ1n) is 8.71. The first-order chi connectivity index (χ1) is 11.1. The van der Waals surface area contributed by atoms with Gasteiger partial charge in [0.25, 0.3) is 0 Å². The van der Waals surface area contributed by atoms with Crippen LogP contribution in [0.4, 0.5) is 11.4 Å². The Bertz CT molecular complexity index is 526. The maximum Gasteiger partial charge on any atom is 0.241 e. The molecule has 0 spiro atoms. The molecule has 2 heterocycles. The summed E-state index contributed by atoms with van der Waals surface area (Å²) in [5.41, 5.74) is 2.06. The number of β-amino-alcohol motifs (C(OH)–C–C–N with tert-alkyl or cyclic N) is 1. The summed E-state index contributed by atoms with van der Waals surface area (Å²) >= 11 is 0. The molecule has 2 N–H and O–H groups in total. The Kier molecular flexibility index (Phi) is 5.18. The summed E-state index contributed by atoms with van der Waals surface area (Å²) in [6, 6.07) is 7.89. The van der Waals surface area contributed by atoms with Crippen LogP contribution in [-0.2, 0) is 4.79 Å². The lowest BCUT2D eigenvalue weighted by atomic mass is 10.1. The fraction of sp³-hybridized carbons (Fsp3) is 0.611. The van der Waals surface area contributed by atoms with Gasteiger partial charge in [-0.1, -0.05) is 0 Å². The smallest absolute Gasteiger partial charge is 0.241 e. The number of amides is 1. The minimum Gasteiger partial charge on any atom is -0.392 e. The number of hydrogen-bond donors (Lipinski definition) is 2. The zero-order valence-electron chi connectivity index (χ0n) is 13.9. The molecule has 1 amide bonds. The van der Waals surface area contributed by atoms with Gasteiger partial charge in [0.15, 0.2) is 0 Å². The van der Waals surface area contributed by atoms with Crippen LogP contribution in [0.15, 0.2) is 24.3 Å². The summed E-state index contributed by atoms with van der Waals surface area (Å²) < 4.78 is 0. The molecule has 0 radical (unpaired) electrons. The molecule has 2 saturated heterocycles. The van der Waals surface area contributed by atoms with Crippen molar-refractivity contribution in [3.63, 3.8) is 0 Å². The van der Waals surface area contributed by atoms with Crippen LogP contribution in [0.5, 0.6) is 0 Å². The molecule has 23 heavy (non-hydrogen) atoms. The predicted octanol–water partition coefficient (Wildman–Crippen LogP) is 2.07. The van der Waals surface area contributed by atoms with E-state index in [4.69, 9.17) is 0 Å². The van der Waals surface area contributed by atoms with Crippen molar-refractivity contribution in [1.29, 1.82) is 0 Å². The molecule has 2 unspecified atom stereocenters. The van der Waals surface area contributed by atoms with Crippen molar-refractivity contribution < 1.29 is 9.90 Å². The van der Waals surface area contributed by atoms with E-state index >= 15 is 0 Å². The summed E-state index contributed by atoms with van der Waals surface area (Å²) in [7, 11) is 0. The van der Waals surface area contributed by atoms with Gasteiger partial charge in [-0.25, -0.2) is 0 Å². The Balaban J connectivity index is 1.56. The van der Waals surface area contributed by atoms with Crippen molar-refractivity contribution >= 4 is 17.3 Å². The van der Waals surface area contributed by atoms with Crippen molar-refractivity contribution in [3.8, 4) is 0 Å². The molecule has 0 aliphatic carbocycles. The van der Waals surface area contributed by atoms with E-state index in [2.05, 4.69) is 27.2 Å². The largest absolute Gasteiger partial charge is 0.392 e. The number of benzene rings is 1. The molecule has 2 fully saturated rings. The van der Waals surface area contributed by atoms with Crippen LogP contribution in [-0.4, -0.2) is 54.2 Å². The van der Waals surface area contributed by atoms with Crippen LogP contribution in [0.3, 0.4) is 0 Å². The van der Waals surface area contributed by atoms with E-state index in [1.807, 2.05) is 19.1 Å². The average molecular weight is 317 g/mol. The molecule has 0 saturated carbocycles. The first-order valence-corrected chi connectivity index (χ1v) is 8.71. The highest BCUT2D eigenvalue weighted by atomic mass is 16.3. The molecule has 1 aromatic rings. The van der Waals surface area contributed by atoms with Crippen molar-refractivity contribution in [2.75, 3.05) is 36.4 Å². The molecular formula is C18H27N3O2. The Morgan fingerprint density at radius 1 is 1.17 bits per heavy atom. The summed E-state index contributed by atoms with van der Waals surface area (Å²) in [5, 5.41) is 12.7. The van der Waals surface area contributed by atoms with Crippen LogP contribution in [0.25, 0.3) is 0 Å². The molecule has 0 aromatic heterocycles. The molecule has 2 aliphatic heterocycles. The lowest BCUT2D eigenvalue weighted by Gasteiger charge is -2.34. The molecule has 5 nitrogen and oxygen atoms in total. The van der Waals surface area contributed by atoms with E-state index < -0.39 is 0 Å². The fourth-order valence-electron chi connectivity index (χ4n) is 3.48. The second kappa shape index (κ2) is 7.32. The van der Waals surface area contributed by atoms with Gasteiger partial charge >= 0.3 is 0 Å². The van der Waals surface area contributed by atoms with Gasteiger partial charge < -0.3 is 15.3 Å². The third kappa shape index (κ3) is 4.03. The van der Waals surface area contributed by atoms with E-state index in [0.29, 0.717) is 6.54 Å². The lowest BCUT2D eigenvalue weighted by Crippen LogP contribution is -2.48. The van der Waals surface area contributed by atoms with E-state index in [0.717, 1.165) is 38.2 Å². The molecule has 2 atom stereocenters. The van der Waals surface area contributed by atoms with Crippen molar-refractivity contribution in [2.24, 2.45) is 0 Å². The molecule has 1 aromatic carbocycles. The molecule has 5 heteroatoms. The highest BCUT2D eigenvalue weighted by molar-refractivity contribution is 5.94. The number of nitrogens with one attached hydrogen (secondary N) is 1. The van der Waals surface area contributed by atoms with Gasteiger partial charge in [0, 0.05) is 31.0 Å². The van der Waals surface area contributed by atoms with Crippen molar-refractivity contribution in [2.45, 2.75) is 44.8 Å². The summed E-state index contributed by atoms with van der Waals surface area (Å²) in [4.78, 5) is 16.9. The minimum atomic E-state index is -0.307. The Labute approximate surface area is 138 Å². The number of aliphatic hydroxyl groups is 1. The van der Waals surface area contributed by atoms with Gasteiger partial charge in [0.1, 0.15) is 0 Å². The summed E-state index contributed by atoms with van der Waals surface area (Å²) in [5.74, 6) is -0.00646. The molecule has 3 rings (SSSR count). The van der Waals surface area contributed by atoms with Gasteiger partial charge in [-0.15, -0.1) is 0 Å². The number of aliphatic hydroxyl groups excluding tert-OH is 1. The van der Waals surface area contributed by atoms with E-state index in [9.17, 15) is 9.90 Å². The quantitative estimate of drug-likeness (QED) is 0.893. The number of nitrogens with zero attached hydrogens (tertiary/aromatic N) is 2. The monoisotopic (exact) mass is 317 g/mol. The second-order valence-corrected chi connectivity index (χ2v) is 6.70. The van der Waals surface area contributed by atoms with Gasteiger partial charge in [0.2, 0.25) is 5.91 Å². The average Bonchev–Trinajstić information content (AvgIpc) is 3.09. The first kappa shape index (κ1) is 16.3. The predicted molar refractivity (Wildman–Crippen MR) is 92.8 cm³/mol. The van der Waals surface area contributed by atoms with E-state index in [-0.39, 0.29) is 18.1 Å². The fourth-order valence-corrected chi connectivity index (χ4v) is 3.48. The number of likely N-dealkylation sites (tertiary alicyclic amines) is 1. The lowest BCUT2D eigenvalue weighted by molar-refractivity contribution is -0.121.